The molecule has 1 amide bonds. The summed E-state index contributed by atoms with van der Waals surface area (Å²) in [6.45, 7) is 5.86. The van der Waals surface area contributed by atoms with Crippen molar-refractivity contribution in [3.63, 3.8) is 0 Å². The first-order chi connectivity index (χ1) is 16.5. The van der Waals surface area contributed by atoms with Crippen LogP contribution in [0.3, 0.4) is 0 Å². The molecule has 2 atom stereocenters. The van der Waals surface area contributed by atoms with E-state index in [9.17, 15) is 9.18 Å². The maximum absolute atomic E-state index is 14.3. The monoisotopic (exact) mass is 481 g/mol. The molecule has 7 nitrogen and oxygen atoms in total. The first kappa shape index (κ1) is 22.9. The molecular weight excluding hydrogens is 453 g/mol. The Bertz CT molecular complexity index is 1150. The van der Waals surface area contributed by atoms with E-state index in [0.717, 1.165) is 37.3 Å². The Morgan fingerprint density at radius 3 is 2.47 bits per heavy atom. The number of morpholine rings is 1. The predicted molar refractivity (Wildman–Crippen MR) is 132 cm³/mol. The third kappa shape index (κ3) is 5.10. The number of hydrogen-bond donors (Lipinski definition) is 1. The Morgan fingerprint density at radius 1 is 1.09 bits per heavy atom. The minimum atomic E-state index is -0.324. The summed E-state index contributed by atoms with van der Waals surface area (Å²) in [6.07, 6.45) is 2.40. The number of benzene rings is 2. The molecule has 1 N–H and O–H groups in total. The average molecular weight is 482 g/mol. The molecule has 0 radical (unpaired) electrons. The van der Waals surface area contributed by atoms with Crippen LogP contribution in [0.5, 0.6) is 0 Å². The number of anilines is 2. The van der Waals surface area contributed by atoms with Crippen LogP contribution in [-0.2, 0) is 9.53 Å². The molecule has 2 aromatic carbocycles. The van der Waals surface area contributed by atoms with Crippen LogP contribution in [0, 0.1) is 5.82 Å². The normalized spacial score (nSPS) is 20.4. The minimum absolute atomic E-state index is 0.121. The summed E-state index contributed by atoms with van der Waals surface area (Å²) in [4.78, 5) is 14.9. The zero-order chi connectivity index (χ0) is 23.7. The number of aromatic nitrogens is 3. The molecule has 1 aliphatic heterocycles. The van der Waals surface area contributed by atoms with Crippen molar-refractivity contribution < 1.29 is 13.9 Å². The molecule has 3 aromatic rings. The Labute approximate surface area is 202 Å². The summed E-state index contributed by atoms with van der Waals surface area (Å²) < 4.78 is 22.1. The maximum atomic E-state index is 14.3. The van der Waals surface area contributed by atoms with Gasteiger partial charge in [0.2, 0.25) is 5.91 Å². The Hall–Kier alpha value is -2.91. The number of halogens is 1. The van der Waals surface area contributed by atoms with Crippen molar-refractivity contribution in [2.24, 2.45) is 0 Å². The van der Waals surface area contributed by atoms with Crippen molar-refractivity contribution in [1.29, 1.82) is 0 Å². The largest absolute Gasteiger partial charge is 0.372 e. The van der Waals surface area contributed by atoms with Crippen LogP contribution in [-0.4, -0.2) is 51.7 Å². The second-order valence-corrected chi connectivity index (χ2v) is 9.88. The number of carbonyl (C=O) groups excluding carboxylic acids is 1. The van der Waals surface area contributed by atoms with Crippen molar-refractivity contribution in [3.05, 3.63) is 54.3 Å². The summed E-state index contributed by atoms with van der Waals surface area (Å²) in [5, 5.41) is 12.1. The second-order valence-electron chi connectivity index (χ2n) is 8.93. The first-order valence-corrected chi connectivity index (χ1v) is 12.6. The molecule has 34 heavy (non-hydrogen) atoms. The van der Waals surface area contributed by atoms with E-state index in [1.807, 2.05) is 28.8 Å². The fourth-order valence-electron chi connectivity index (χ4n) is 4.34. The lowest BCUT2D eigenvalue weighted by molar-refractivity contribution is -0.113. The van der Waals surface area contributed by atoms with Gasteiger partial charge in [-0.15, -0.1) is 10.2 Å². The van der Waals surface area contributed by atoms with E-state index in [1.165, 1.54) is 17.8 Å². The van der Waals surface area contributed by atoms with Gasteiger partial charge < -0.3 is 15.0 Å². The number of hydrogen-bond acceptors (Lipinski definition) is 6. The number of carbonyl (C=O) groups is 1. The number of ether oxygens (including phenoxy) is 1. The van der Waals surface area contributed by atoms with Gasteiger partial charge in [-0.2, -0.15) is 0 Å². The molecule has 5 rings (SSSR count). The summed E-state index contributed by atoms with van der Waals surface area (Å²) in [5.74, 6) is 0.271. The van der Waals surface area contributed by atoms with Crippen LogP contribution in [0.1, 0.15) is 32.7 Å². The van der Waals surface area contributed by atoms with Gasteiger partial charge in [-0.1, -0.05) is 23.9 Å². The molecule has 0 spiro atoms. The highest BCUT2D eigenvalue weighted by Gasteiger charge is 2.31. The van der Waals surface area contributed by atoms with E-state index in [1.54, 1.807) is 18.2 Å². The van der Waals surface area contributed by atoms with Crippen molar-refractivity contribution in [2.45, 2.75) is 50.1 Å². The smallest absolute Gasteiger partial charge is 0.234 e. The molecule has 2 aliphatic rings. The van der Waals surface area contributed by atoms with E-state index < -0.39 is 0 Å². The minimum Gasteiger partial charge on any atom is -0.372 e. The number of nitrogens with one attached hydrogen (secondary N) is 1. The molecule has 1 saturated carbocycles. The fraction of sp³-hybridized carbons (Fsp3) is 0.400. The Kier molecular flexibility index (Phi) is 6.56. The highest BCUT2D eigenvalue weighted by atomic mass is 32.2. The predicted octanol–water partition coefficient (Wildman–Crippen LogP) is 4.76. The van der Waals surface area contributed by atoms with Crippen molar-refractivity contribution >= 4 is 29.0 Å². The number of nitrogens with zero attached hydrogens (tertiary/aromatic N) is 4. The first-order valence-electron chi connectivity index (χ1n) is 11.6. The van der Waals surface area contributed by atoms with Gasteiger partial charge >= 0.3 is 0 Å². The van der Waals surface area contributed by atoms with Crippen molar-refractivity contribution in [3.8, 4) is 11.4 Å². The summed E-state index contributed by atoms with van der Waals surface area (Å²) >= 11 is 1.32. The number of thioether (sulfide) groups is 1. The van der Waals surface area contributed by atoms with Crippen LogP contribution in [0.4, 0.5) is 15.8 Å². The Balaban J connectivity index is 1.21. The van der Waals surface area contributed by atoms with Crippen molar-refractivity contribution in [2.75, 3.05) is 29.1 Å². The lowest BCUT2D eigenvalue weighted by Gasteiger charge is -2.36. The van der Waals surface area contributed by atoms with E-state index >= 15 is 0 Å². The maximum Gasteiger partial charge on any atom is 0.234 e. The molecule has 0 bridgehead atoms. The van der Waals surface area contributed by atoms with Gasteiger partial charge in [0.1, 0.15) is 5.82 Å². The molecule has 1 saturated heterocycles. The van der Waals surface area contributed by atoms with E-state index in [0.29, 0.717) is 16.5 Å². The summed E-state index contributed by atoms with van der Waals surface area (Å²) in [7, 11) is 0. The van der Waals surface area contributed by atoms with Gasteiger partial charge in [0.25, 0.3) is 0 Å². The summed E-state index contributed by atoms with van der Waals surface area (Å²) in [5.41, 5.74) is 2.30. The van der Waals surface area contributed by atoms with Crippen LogP contribution < -0.4 is 10.2 Å². The van der Waals surface area contributed by atoms with E-state index in [2.05, 4.69) is 34.3 Å². The molecule has 2 heterocycles. The van der Waals surface area contributed by atoms with Crippen LogP contribution in [0.25, 0.3) is 11.4 Å². The van der Waals surface area contributed by atoms with E-state index in [-0.39, 0.29) is 35.7 Å². The number of amides is 1. The van der Waals surface area contributed by atoms with Gasteiger partial charge in [0, 0.05) is 30.5 Å². The molecule has 9 heteroatoms. The lowest BCUT2D eigenvalue weighted by Crippen LogP contribution is -2.45. The lowest BCUT2D eigenvalue weighted by atomic mass is 10.2. The highest BCUT2D eigenvalue weighted by Crippen LogP contribution is 2.41. The van der Waals surface area contributed by atoms with Crippen LogP contribution >= 0.6 is 11.8 Å². The molecule has 2 fully saturated rings. The molecule has 1 aromatic heterocycles. The molecule has 2 unspecified atom stereocenters. The third-order valence-electron chi connectivity index (χ3n) is 5.96. The average Bonchev–Trinajstić information content (AvgIpc) is 3.57. The molecule has 1 aliphatic carbocycles. The van der Waals surface area contributed by atoms with Crippen LogP contribution in [0.2, 0.25) is 0 Å². The second kappa shape index (κ2) is 9.76. The number of rotatable bonds is 7. The zero-order valence-corrected chi connectivity index (χ0v) is 20.1. The topological polar surface area (TPSA) is 72.3 Å². The fourth-order valence-corrected chi connectivity index (χ4v) is 5.14. The zero-order valence-electron chi connectivity index (χ0n) is 19.3. The van der Waals surface area contributed by atoms with Gasteiger partial charge in [-0.3, -0.25) is 9.36 Å². The SMILES string of the molecule is CC1CN(c2ccc(NC(=O)CSc3nnc(-c4ccccc4F)n3C3CC3)cc2)CC(C)O1. The van der Waals surface area contributed by atoms with E-state index in [4.69, 9.17) is 4.74 Å². The van der Waals surface area contributed by atoms with Gasteiger partial charge in [0.05, 0.1) is 23.5 Å². The highest BCUT2D eigenvalue weighted by molar-refractivity contribution is 7.99. The van der Waals surface area contributed by atoms with Crippen molar-refractivity contribution in [1.82, 2.24) is 14.8 Å². The molecule has 178 valence electrons. The summed E-state index contributed by atoms with van der Waals surface area (Å²) in [6, 6.07) is 14.7. The molecular formula is C25H28FN5O2S. The van der Waals surface area contributed by atoms with Gasteiger partial charge in [0.15, 0.2) is 11.0 Å². The Morgan fingerprint density at radius 2 is 1.79 bits per heavy atom. The standard InChI is InChI=1S/C25H28FN5O2S/c1-16-13-30(14-17(2)33-16)19-9-7-18(8-10-19)27-23(32)15-34-25-29-28-24(31(25)20-11-12-20)21-5-3-4-6-22(21)26/h3-10,16-17,20H,11-15H2,1-2H3,(H,27,32). The van der Waals surface area contributed by atoms with Gasteiger partial charge in [-0.25, -0.2) is 4.39 Å². The quantitative estimate of drug-likeness (QED) is 0.491. The third-order valence-corrected chi connectivity index (χ3v) is 6.90. The van der Waals surface area contributed by atoms with Gasteiger partial charge in [-0.05, 0) is 63.1 Å². The van der Waals surface area contributed by atoms with Crippen LogP contribution in [0.15, 0.2) is 53.7 Å².